The molecule has 0 spiro atoms. The molecule has 1 heterocycles. The first-order valence-corrected chi connectivity index (χ1v) is 9.06. The number of benzene rings is 1. The quantitative estimate of drug-likeness (QED) is 0.812. The van der Waals surface area contributed by atoms with Gasteiger partial charge in [-0.05, 0) is 62.5 Å². The summed E-state index contributed by atoms with van der Waals surface area (Å²) in [4.78, 5) is 14.3. The van der Waals surface area contributed by atoms with E-state index in [9.17, 15) is 4.79 Å². The predicted molar refractivity (Wildman–Crippen MR) is 98.5 cm³/mol. The molecule has 1 aromatic rings. The molecule has 1 amide bonds. The second-order valence-electron chi connectivity index (χ2n) is 7.87. The van der Waals surface area contributed by atoms with Gasteiger partial charge in [-0.1, -0.05) is 32.9 Å². The minimum absolute atomic E-state index is 0.149. The van der Waals surface area contributed by atoms with Gasteiger partial charge in [0.1, 0.15) is 5.75 Å². The fourth-order valence-electron chi connectivity index (χ4n) is 2.93. The number of nitrogens with one attached hydrogen (secondary N) is 1. The number of piperidine rings is 1. The molecule has 0 atom stereocenters. The zero-order valence-corrected chi connectivity index (χ0v) is 15.6. The van der Waals surface area contributed by atoms with Gasteiger partial charge in [-0.25, -0.2) is 0 Å². The van der Waals surface area contributed by atoms with Crippen LogP contribution in [-0.4, -0.2) is 43.6 Å². The largest absolute Gasteiger partial charge is 0.494 e. The first kappa shape index (κ1) is 18.8. The number of nitrogens with zero attached hydrogens (tertiary/aromatic N) is 1. The molecular formula is C20H32N2O2. The summed E-state index contributed by atoms with van der Waals surface area (Å²) < 4.78 is 5.74. The molecule has 0 unspecified atom stereocenters. The first-order chi connectivity index (χ1) is 11.3. The molecule has 1 fully saturated rings. The minimum Gasteiger partial charge on any atom is -0.494 e. The van der Waals surface area contributed by atoms with Crippen LogP contribution in [0, 0.1) is 0 Å². The van der Waals surface area contributed by atoms with Crippen LogP contribution in [-0.2, 0) is 10.2 Å². The zero-order valence-electron chi connectivity index (χ0n) is 15.6. The van der Waals surface area contributed by atoms with Crippen molar-refractivity contribution in [3.05, 3.63) is 29.8 Å². The molecule has 2 rings (SSSR count). The van der Waals surface area contributed by atoms with Crippen LogP contribution in [0.3, 0.4) is 0 Å². The molecule has 0 radical (unpaired) electrons. The Morgan fingerprint density at radius 3 is 2.42 bits per heavy atom. The van der Waals surface area contributed by atoms with Crippen molar-refractivity contribution < 1.29 is 9.53 Å². The number of carbonyl (C=O) groups is 1. The van der Waals surface area contributed by atoms with Crippen LogP contribution < -0.4 is 10.1 Å². The maximum Gasteiger partial charge on any atom is 0.220 e. The van der Waals surface area contributed by atoms with Gasteiger partial charge >= 0.3 is 0 Å². The number of amides is 1. The first-order valence-electron chi connectivity index (χ1n) is 9.06. The molecule has 0 aliphatic carbocycles. The van der Waals surface area contributed by atoms with E-state index in [0.717, 1.165) is 38.1 Å². The van der Waals surface area contributed by atoms with Crippen LogP contribution in [0.4, 0.5) is 0 Å². The van der Waals surface area contributed by atoms with Crippen LogP contribution in [0.2, 0.25) is 0 Å². The van der Waals surface area contributed by atoms with E-state index in [0.29, 0.717) is 19.1 Å². The number of hydrogen-bond donors (Lipinski definition) is 1. The van der Waals surface area contributed by atoms with Gasteiger partial charge < -0.3 is 15.0 Å². The van der Waals surface area contributed by atoms with Crippen LogP contribution in [0.15, 0.2) is 24.3 Å². The Morgan fingerprint density at radius 2 is 1.83 bits per heavy atom. The average Bonchev–Trinajstić information content (AvgIpc) is 2.53. The van der Waals surface area contributed by atoms with Crippen molar-refractivity contribution in [2.45, 2.75) is 57.9 Å². The summed E-state index contributed by atoms with van der Waals surface area (Å²) in [6, 6.07) is 8.60. The summed E-state index contributed by atoms with van der Waals surface area (Å²) in [6.45, 7) is 9.32. The van der Waals surface area contributed by atoms with Crippen molar-refractivity contribution >= 4 is 5.91 Å². The highest BCUT2D eigenvalue weighted by Gasteiger charge is 2.18. The number of ether oxygens (including phenoxy) is 1. The summed E-state index contributed by atoms with van der Waals surface area (Å²) in [7, 11) is 2.13. The normalized spacial score (nSPS) is 16.8. The molecule has 1 aromatic carbocycles. The van der Waals surface area contributed by atoms with E-state index in [2.05, 4.69) is 50.2 Å². The van der Waals surface area contributed by atoms with E-state index in [1.807, 2.05) is 12.1 Å². The highest BCUT2D eigenvalue weighted by Crippen LogP contribution is 2.24. The minimum atomic E-state index is 0.149. The molecule has 1 aliphatic rings. The summed E-state index contributed by atoms with van der Waals surface area (Å²) in [5, 5.41) is 3.14. The van der Waals surface area contributed by atoms with Crippen LogP contribution in [0.1, 0.15) is 52.0 Å². The van der Waals surface area contributed by atoms with E-state index in [1.54, 1.807) is 0 Å². The van der Waals surface area contributed by atoms with Crippen molar-refractivity contribution in [1.82, 2.24) is 10.2 Å². The standard InChI is InChI=1S/C20H32N2O2/c1-20(2,3)16-7-9-18(10-8-16)24-15-5-6-19(23)21-17-11-13-22(4)14-12-17/h7-10,17H,5-6,11-15H2,1-4H3,(H,21,23). The lowest BCUT2D eigenvalue weighted by atomic mass is 9.87. The molecule has 134 valence electrons. The molecule has 0 bridgehead atoms. The van der Waals surface area contributed by atoms with E-state index in [-0.39, 0.29) is 11.3 Å². The Morgan fingerprint density at radius 1 is 1.21 bits per heavy atom. The zero-order chi connectivity index (χ0) is 17.6. The maximum atomic E-state index is 12.0. The van der Waals surface area contributed by atoms with Crippen LogP contribution in [0.25, 0.3) is 0 Å². The Kier molecular flexibility index (Phi) is 6.67. The van der Waals surface area contributed by atoms with Gasteiger partial charge in [0.25, 0.3) is 0 Å². The highest BCUT2D eigenvalue weighted by atomic mass is 16.5. The second-order valence-corrected chi connectivity index (χ2v) is 7.87. The monoisotopic (exact) mass is 332 g/mol. The van der Waals surface area contributed by atoms with Crippen molar-refractivity contribution in [2.75, 3.05) is 26.7 Å². The second kappa shape index (κ2) is 8.52. The van der Waals surface area contributed by atoms with Gasteiger partial charge in [0.2, 0.25) is 5.91 Å². The predicted octanol–water partition coefficient (Wildman–Crippen LogP) is 3.35. The van der Waals surface area contributed by atoms with Gasteiger partial charge in [-0.15, -0.1) is 0 Å². The summed E-state index contributed by atoms with van der Waals surface area (Å²) in [6.07, 6.45) is 3.39. The van der Waals surface area contributed by atoms with Crippen molar-refractivity contribution in [2.24, 2.45) is 0 Å². The van der Waals surface area contributed by atoms with Crippen LogP contribution >= 0.6 is 0 Å². The highest BCUT2D eigenvalue weighted by molar-refractivity contribution is 5.76. The van der Waals surface area contributed by atoms with Gasteiger partial charge in [0.05, 0.1) is 6.61 Å². The molecule has 24 heavy (non-hydrogen) atoms. The van der Waals surface area contributed by atoms with Gasteiger partial charge in [0.15, 0.2) is 0 Å². The molecule has 0 aromatic heterocycles. The van der Waals surface area contributed by atoms with E-state index in [1.165, 1.54) is 5.56 Å². The Hall–Kier alpha value is -1.55. The summed E-state index contributed by atoms with van der Waals surface area (Å²) >= 11 is 0. The molecule has 4 nitrogen and oxygen atoms in total. The SMILES string of the molecule is CN1CCC(NC(=O)CCCOc2ccc(C(C)(C)C)cc2)CC1. The van der Waals surface area contributed by atoms with E-state index >= 15 is 0 Å². The summed E-state index contributed by atoms with van der Waals surface area (Å²) in [5.74, 6) is 1.02. The van der Waals surface area contributed by atoms with Crippen molar-refractivity contribution in [3.63, 3.8) is 0 Å². The lowest BCUT2D eigenvalue weighted by Crippen LogP contribution is -2.43. The molecular weight excluding hydrogens is 300 g/mol. The summed E-state index contributed by atoms with van der Waals surface area (Å²) in [5.41, 5.74) is 1.46. The lowest BCUT2D eigenvalue weighted by Gasteiger charge is -2.29. The van der Waals surface area contributed by atoms with E-state index in [4.69, 9.17) is 4.74 Å². The Labute approximate surface area is 146 Å². The average molecular weight is 332 g/mol. The number of rotatable bonds is 6. The van der Waals surface area contributed by atoms with Gasteiger partial charge in [0, 0.05) is 12.5 Å². The fraction of sp³-hybridized carbons (Fsp3) is 0.650. The molecule has 0 saturated carbocycles. The third-order valence-electron chi connectivity index (χ3n) is 4.62. The maximum absolute atomic E-state index is 12.0. The third-order valence-corrected chi connectivity index (χ3v) is 4.62. The molecule has 1 N–H and O–H groups in total. The van der Waals surface area contributed by atoms with Crippen molar-refractivity contribution in [1.29, 1.82) is 0 Å². The smallest absolute Gasteiger partial charge is 0.220 e. The van der Waals surface area contributed by atoms with E-state index < -0.39 is 0 Å². The van der Waals surface area contributed by atoms with Gasteiger partial charge in [-0.3, -0.25) is 4.79 Å². The Bertz CT molecular complexity index is 511. The Balaban J connectivity index is 1.63. The fourth-order valence-corrected chi connectivity index (χ4v) is 2.93. The number of hydrogen-bond acceptors (Lipinski definition) is 3. The number of likely N-dealkylation sites (tertiary alicyclic amines) is 1. The number of carbonyl (C=O) groups excluding carboxylic acids is 1. The molecule has 1 saturated heterocycles. The van der Waals surface area contributed by atoms with Crippen LogP contribution in [0.5, 0.6) is 5.75 Å². The molecule has 4 heteroatoms. The van der Waals surface area contributed by atoms with Gasteiger partial charge in [-0.2, -0.15) is 0 Å². The lowest BCUT2D eigenvalue weighted by molar-refractivity contribution is -0.122. The molecule has 1 aliphatic heterocycles. The van der Waals surface area contributed by atoms with Crippen molar-refractivity contribution in [3.8, 4) is 5.75 Å². The third kappa shape index (κ3) is 6.16. The topological polar surface area (TPSA) is 41.6 Å².